The number of benzene rings is 3. The number of carbonyl (C=O) groups excluding carboxylic acids is 1. The first-order chi connectivity index (χ1) is 16.4. The maximum absolute atomic E-state index is 13.1. The largest absolute Gasteiger partial charge is 0.497 e. The van der Waals surface area contributed by atoms with Crippen LogP contribution in [0.15, 0.2) is 65.8 Å². The van der Waals surface area contributed by atoms with Gasteiger partial charge in [-0.25, -0.2) is 0 Å². The van der Waals surface area contributed by atoms with Crippen molar-refractivity contribution in [1.29, 1.82) is 0 Å². The number of hydrogen-bond acceptors (Lipinski definition) is 6. The Balaban J connectivity index is 1.69. The Morgan fingerprint density at radius 3 is 1.97 bits per heavy atom. The standard InChI is InChI=1S/C27H27N3O3S/c1-17-14-18(2)25(19(3)15-17)24(31)16-34-27-29-28-26(20-6-10-22(32-4)11-7-20)30(27)21-8-12-23(33-5)13-9-21/h6-15H,16H2,1-5H3. The van der Waals surface area contributed by atoms with Gasteiger partial charge in [-0.3, -0.25) is 9.36 Å². The maximum atomic E-state index is 13.1. The van der Waals surface area contributed by atoms with Crippen molar-refractivity contribution >= 4 is 17.5 Å². The minimum Gasteiger partial charge on any atom is -0.497 e. The van der Waals surface area contributed by atoms with Gasteiger partial charge < -0.3 is 9.47 Å². The summed E-state index contributed by atoms with van der Waals surface area (Å²) in [5, 5.41) is 9.55. The Labute approximate surface area is 203 Å². The Morgan fingerprint density at radius 1 is 0.853 bits per heavy atom. The van der Waals surface area contributed by atoms with Crippen LogP contribution < -0.4 is 9.47 Å². The van der Waals surface area contributed by atoms with E-state index in [1.807, 2.05) is 86.0 Å². The lowest BCUT2D eigenvalue weighted by atomic mass is 9.97. The number of aromatic nitrogens is 3. The number of methoxy groups -OCH3 is 2. The average Bonchev–Trinajstić information content (AvgIpc) is 3.26. The SMILES string of the molecule is COc1ccc(-c2nnc(SCC(=O)c3c(C)cc(C)cc3C)n2-c2ccc(OC)cc2)cc1. The summed E-state index contributed by atoms with van der Waals surface area (Å²) >= 11 is 1.38. The lowest BCUT2D eigenvalue weighted by Gasteiger charge is -2.12. The molecule has 0 bridgehead atoms. The van der Waals surface area contributed by atoms with Crippen molar-refractivity contribution in [2.24, 2.45) is 0 Å². The highest BCUT2D eigenvalue weighted by Crippen LogP contribution is 2.30. The molecule has 0 saturated heterocycles. The van der Waals surface area contributed by atoms with Gasteiger partial charge in [0, 0.05) is 16.8 Å². The molecule has 0 unspecified atom stereocenters. The van der Waals surface area contributed by atoms with Gasteiger partial charge in [-0.1, -0.05) is 29.5 Å². The number of carbonyl (C=O) groups is 1. The molecule has 4 aromatic rings. The smallest absolute Gasteiger partial charge is 0.196 e. The number of rotatable bonds is 8. The molecule has 1 aromatic heterocycles. The summed E-state index contributed by atoms with van der Waals surface area (Å²) in [5.41, 5.74) is 5.71. The third kappa shape index (κ3) is 4.84. The summed E-state index contributed by atoms with van der Waals surface area (Å²) < 4.78 is 12.6. The third-order valence-corrected chi connectivity index (χ3v) is 6.53. The number of Topliss-reactive ketones (excluding diaryl/α,β-unsaturated/α-hetero) is 1. The van der Waals surface area contributed by atoms with E-state index in [4.69, 9.17) is 9.47 Å². The normalized spacial score (nSPS) is 10.9. The highest BCUT2D eigenvalue weighted by Gasteiger charge is 2.19. The molecule has 34 heavy (non-hydrogen) atoms. The molecule has 0 aliphatic carbocycles. The van der Waals surface area contributed by atoms with E-state index in [-0.39, 0.29) is 11.5 Å². The molecule has 0 spiro atoms. The second kappa shape index (κ2) is 10.1. The van der Waals surface area contributed by atoms with E-state index in [9.17, 15) is 4.79 Å². The molecule has 0 saturated carbocycles. The van der Waals surface area contributed by atoms with E-state index in [1.165, 1.54) is 11.8 Å². The topological polar surface area (TPSA) is 66.2 Å². The number of thioether (sulfide) groups is 1. The second-order valence-electron chi connectivity index (χ2n) is 8.05. The van der Waals surface area contributed by atoms with E-state index < -0.39 is 0 Å². The van der Waals surface area contributed by atoms with Crippen LogP contribution in [0.2, 0.25) is 0 Å². The van der Waals surface area contributed by atoms with Crippen molar-refractivity contribution in [2.45, 2.75) is 25.9 Å². The fraction of sp³-hybridized carbons (Fsp3) is 0.222. The number of nitrogens with zero attached hydrogens (tertiary/aromatic N) is 3. The summed E-state index contributed by atoms with van der Waals surface area (Å²) in [4.78, 5) is 13.1. The summed E-state index contributed by atoms with van der Waals surface area (Å²) in [7, 11) is 3.27. The lowest BCUT2D eigenvalue weighted by molar-refractivity contribution is 0.102. The second-order valence-corrected chi connectivity index (χ2v) is 9.00. The molecular formula is C27H27N3O3S. The van der Waals surface area contributed by atoms with Crippen molar-refractivity contribution in [3.63, 3.8) is 0 Å². The predicted molar refractivity (Wildman–Crippen MR) is 136 cm³/mol. The fourth-order valence-electron chi connectivity index (χ4n) is 4.08. The van der Waals surface area contributed by atoms with Gasteiger partial charge in [0.1, 0.15) is 11.5 Å². The van der Waals surface area contributed by atoms with Crippen LogP contribution >= 0.6 is 11.8 Å². The molecule has 0 amide bonds. The molecular weight excluding hydrogens is 446 g/mol. The number of ether oxygens (including phenoxy) is 2. The van der Waals surface area contributed by atoms with Gasteiger partial charge in [0.15, 0.2) is 16.8 Å². The lowest BCUT2D eigenvalue weighted by Crippen LogP contribution is -2.09. The average molecular weight is 474 g/mol. The summed E-state index contributed by atoms with van der Waals surface area (Å²) in [6, 6.07) is 19.5. The molecule has 4 rings (SSSR count). The van der Waals surface area contributed by atoms with Crippen LogP contribution in [0.3, 0.4) is 0 Å². The molecule has 3 aromatic carbocycles. The summed E-state index contributed by atoms with van der Waals surface area (Å²) in [5.74, 6) is 2.56. The van der Waals surface area contributed by atoms with Crippen molar-refractivity contribution in [1.82, 2.24) is 14.8 Å². The monoisotopic (exact) mass is 473 g/mol. The zero-order valence-corrected chi connectivity index (χ0v) is 20.8. The molecule has 174 valence electrons. The number of ketones is 1. The van der Waals surface area contributed by atoms with Crippen LogP contribution in [0.1, 0.15) is 27.0 Å². The third-order valence-electron chi connectivity index (χ3n) is 5.60. The molecule has 0 N–H and O–H groups in total. The van der Waals surface area contributed by atoms with Gasteiger partial charge in [0.25, 0.3) is 0 Å². The Bertz CT molecular complexity index is 1290. The Hall–Kier alpha value is -3.58. The molecule has 0 atom stereocenters. The van der Waals surface area contributed by atoms with Gasteiger partial charge in [0.05, 0.1) is 20.0 Å². The van der Waals surface area contributed by atoms with Crippen LogP contribution in [0, 0.1) is 20.8 Å². The maximum Gasteiger partial charge on any atom is 0.196 e. The van der Waals surface area contributed by atoms with E-state index in [1.54, 1.807) is 14.2 Å². The predicted octanol–water partition coefficient (Wildman–Crippen LogP) is 5.85. The van der Waals surface area contributed by atoms with Crippen molar-refractivity contribution < 1.29 is 14.3 Å². The van der Waals surface area contributed by atoms with Crippen molar-refractivity contribution in [3.05, 3.63) is 82.9 Å². The first-order valence-corrected chi connectivity index (χ1v) is 11.9. The molecule has 7 heteroatoms. The van der Waals surface area contributed by atoms with Gasteiger partial charge in [-0.2, -0.15) is 0 Å². The van der Waals surface area contributed by atoms with Crippen LogP contribution in [0.4, 0.5) is 0 Å². The van der Waals surface area contributed by atoms with Gasteiger partial charge in [0.2, 0.25) is 0 Å². The quantitative estimate of drug-likeness (QED) is 0.236. The highest BCUT2D eigenvalue weighted by molar-refractivity contribution is 7.99. The highest BCUT2D eigenvalue weighted by atomic mass is 32.2. The molecule has 1 heterocycles. The molecule has 0 fully saturated rings. The zero-order valence-electron chi connectivity index (χ0n) is 20.0. The van der Waals surface area contributed by atoms with Crippen molar-refractivity contribution in [3.8, 4) is 28.6 Å². The van der Waals surface area contributed by atoms with Crippen LogP contribution in [-0.2, 0) is 0 Å². The zero-order chi connectivity index (χ0) is 24.2. The van der Waals surface area contributed by atoms with Gasteiger partial charge >= 0.3 is 0 Å². The van der Waals surface area contributed by atoms with E-state index in [2.05, 4.69) is 10.2 Å². The van der Waals surface area contributed by atoms with Crippen LogP contribution in [0.25, 0.3) is 17.1 Å². The first kappa shape index (κ1) is 23.6. The molecule has 0 radical (unpaired) electrons. The van der Waals surface area contributed by atoms with E-state index in [0.717, 1.165) is 45.0 Å². The molecule has 0 aliphatic rings. The summed E-state index contributed by atoms with van der Waals surface area (Å²) in [6.45, 7) is 6.01. The van der Waals surface area contributed by atoms with E-state index in [0.29, 0.717) is 11.0 Å². The van der Waals surface area contributed by atoms with Crippen LogP contribution in [-0.4, -0.2) is 40.5 Å². The van der Waals surface area contributed by atoms with Crippen molar-refractivity contribution in [2.75, 3.05) is 20.0 Å². The fourth-order valence-corrected chi connectivity index (χ4v) is 4.90. The van der Waals surface area contributed by atoms with E-state index >= 15 is 0 Å². The molecule has 0 aliphatic heterocycles. The van der Waals surface area contributed by atoms with Gasteiger partial charge in [-0.05, 0) is 80.4 Å². The first-order valence-electron chi connectivity index (χ1n) is 10.9. The minimum absolute atomic E-state index is 0.0790. The Kier molecular flexibility index (Phi) is 7.03. The van der Waals surface area contributed by atoms with Crippen LogP contribution in [0.5, 0.6) is 11.5 Å². The summed E-state index contributed by atoms with van der Waals surface area (Å²) in [6.07, 6.45) is 0. The van der Waals surface area contributed by atoms with Gasteiger partial charge in [-0.15, -0.1) is 10.2 Å². The Morgan fingerprint density at radius 2 is 1.41 bits per heavy atom. The molecule has 6 nitrogen and oxygen atoms in total. The number of hydrogen-bond donors (Lipinski definition) is 0. The number of aryl methyl sites for hydroxylation is 3. The minimum atomic E-state index is 0.0790.